The highest BCUT2D eigenvalue weighted by Crippen LogP contribution is 2.45. The lowest BCUT2D eigenvalue weighted by Crippen LogP contribution is -2.67. The van der Waals surface area contributed by atoms with E-state index in [1.165, 1.54) is 14.0 Å². The van der Waals surface area contributed by atoms with Gasteiger partial charge in [0.2, 0.25) is 10.8 Å². The smallest absolute Gasteiger partial charge is 0.349 e. The molecule has 0 saturated carbocycles. The summed E-state index contributed by atoms with van der Waals surface area (Å²) in [6, 6.07) is 14.2. The predicted octanol–water partition coefficient (Wildman–Crippen LogP) is 1.19. The van der Waals surface area contributed by atoms with Gasteiger partial charge in [-0.05, 0) is 31.2 Å². The van der Waals surface area contributed by atoms with Crippen molar-refractivity contribution in [3.63, 3.8) is 0 Å². The zero-order valence-electron chi connectivity index (χ0n) is 20.7. The molecule has 1 aliphatic heterocycles. The molecule has 1 aliphatic rings. The third-order valence-corrected chi connectivity index (χ3v) is 7.17. The third-order valence-electron chi connectivity index (χ3n) is 5.91. The van der Waals surface area contributed by atoms with Crippen molar-refractivity contribution in [2.24, 2.45) is 0 Å². The molecular weight excluding hydrogens is 502 g/mol. The maximum atomic E-state index is 13.2. The minimum Gasteiger partial charge on any atom is -0.466 e. The van der Waals surface area contributed by atoms with Gasteiger partial charge in [-0.25, -0.2) is 9.59 Å². The fourth-order valence-electron chi connectivity index (χ4n) is 4.05. The van der Waals surface area contributed by atoms with Crippen molar-refractivity contribution < 1.29 is 43.9 Å². The van der Waals surface area contributed by atoms with Gasteiger partial charge in [0.1, 0.15) is 24.4 Å². The first-order chi connectivity index (χ1) is 17.6. The van der Waals surface area contributed by atoms with E-state index in [9.17, 15) is 29.7 Å². The lowest BCUT2D eigenvalue weighted by molar-refractivity contribution is -0.207. The summed E-state index contributed by atoms with van der Waals surface area (Å²) in [5.74, 6) is -2.07. The van der Waals surface area contributed by atoms with Crippen LogP contribution in [0, 0.1) is 6.92 Å². The number of aryl methyl sites for hydroxylation is 1. The number of benzene rings is 2. The first-order valence-electron chi connectivity index (χ1n) is 11.6. The maximum absolute atomic E-state index is 13.2. The van der Waals surface area contributed by atoms with Crippen molar-refractivity contribution in [3.8, 4) is 0 Å². The van der Waals surface area contributed by atoms with Crippen LogP contribution in [0.5, 0.6) is 0 Å². The molecule has 0 bridgehead atoms. The number of nitrogens with one attached hydrogen (secondary N) is 1. The van der Waals surface area contributed by atoms with E-state index in [2.05, 4.69) is 5.32 Å². The Balaban J connectivity index is 2.09. The SMILES string of the molecule is COC(=O)[C@@]1(Sc2ccc(C)cc2)C[C@H](OC(=O)c2ccccc2)[C@@H](NC(C)=O)[C@H]([C@H](O)[C@H](O)CO)O1. The Labute approximate surface area is 218 Å². The van der Waals surface area contributed by atoms with Gasteiger partial charge in [0.15, 0.2) is 0 Å². The molecule has 2 aromatic carbocycles. The zero-order chi connectivity index (χ0) is 27.2. The van der Waals surface area contributed by atoms with Crippen LogP contribution in [0.1, 0.15) is 29.3 Å². The lowest BCUT2D eigenvalue weighted by atomic mass is 9.89. The second-order valence-electron chi connectivity index (χ2n) is 8.72. The van der Waals surface area contributed by atoms with E-state index in [1.54, 1.807) is 42.5 Å². The molecule has 6 atom stereocenters. The van der Waals surface area contributed by atoms with Gasteiger partial charge >= 0.3 is 11.9 Å². The Morgan fingerprint density at radius 2 is 1.78 bits per heavy atom. The summed E-state index contributed by atoms with van der Waals surface area (Å²) in [6.45, 7) is 2.31. The summed E-state index contributed by atoms with van der Waals surface area (Å²) in [7, 11) is 1.17. The number of esters is 2. The molecule has 1 amide bonds. The second-order valence-corrected chi connectivity index (χ2v) is 10.1. The minimum atomic E-state index is -1.83. The van der Waals surface area contributed by atoms with Crippen molar-refractivity contribution >= 4 is 29.6 Å². The van der Waals surface area contributed by atoms with E-state index in [0.29, 0.717) is 4.90 Å². The quantitative estimate of drug-likeness (QED) is 0.346. The van der Waals surface area contributed by atoms with E-state index in [4.69, 9.17) is 14.2 Å². The summed E-state index contributed by atoms with van der Waals surface area (Å²) in [5, 5.41) is 33.2. The minimum absolute atomic E-state index is 0.234. The molecule has 4 N–H and O–H groups in total. The van der Waals surface area contributed by atoms with Crippen molar-refractivity contribution in [1.82, 2.24) is 5.32 Å². The van der Waals surface area contributed by atoms with E-state index in [0.717, 1.165) is 17.3 Å². The number of aliphatic hydroxyl groups is 3. The summed E-state index contributed by atoms with van der Waals surface area (Å²) >= 11 is 0.985. The van der Waals surface area contributed by atoms with Gasteiger partial charge in [0.25, 0.3) is 0 Å². The molecule has 0 unspecified atom stereocenters. The van der Waals surface area contributed by atoms with Crippen LogP contribution in [0.3, 0.4) is 0 Å². The molecule has 200 valence electrons. The number of thioether (sulfide) groups is 1. The molecule has 3 rings (SSSR count). The van der Waals surface area contributed by atoms with Crippen LogP contribution in [-0.4, -0.2) is 82.3 Å². The molecule has 2 aromatic rings. The van der Waals surface area contributed by atoms with Crippen molar-refractivity contribution in [2.45, 2.75) is 60.6 Å². The Morgan fingerprint density at radius 1 is 1.14 bits per heavy atom. The van der Waals surface area contributed by atoms with E-state index < -0.39 is 59.8 Å². The average molecular weight is 534 g/mol. The van der Waals surface area contributed by atoms with Gasteiger partial charge in [0, 0.05) is 18.2 Å². The van der Waals surface area contributed by atoms with Gasteiger partial charge < -0.3 is 34.8 Å². The van der Waals surface area contributed by atoms with Crippen molar-refractivity contribution in [2.75, 3.05) is 13.7 Å². The number of hydrogen-bond donors (Lipinski definition) is 4. The highest BCUT2D eigenvalue weighted by molar-refractivity contribution is 8.01. The van der Waals surface area contributed by atoms with E-state index in [1.807, 2.05) is 19.1 Å². The maximum Gasteiger partial charge on any atom is 0.349 e. The van der Waals surface area contributed by atoms with Crippen molar-refractivity contribution in [3.05, 3.63) is 65.7 Å². The Hall–Kier alpha value is -2.96. The highest BCUT2D eigenvalue weighted by Gasteiger charge is 2.57. The molecular formula is C26H31NO9S. The number of carbonyl (C=O) groups is 3. The second kappa shape index (κ2) is 12.5. The molecule has 1 heterocycles. The van der Waals surface area contributed by atoms with Crippen LogP contribution in [0.15, 0.2) is 59.5 Å². The van der Waals surface area contributed by atoms with Crippen molar-refractivity contribution in [1.29, 1.82) is 0 Å². The monoisotopic (exact) mass is 533 g/mol. The number of methoxy groups -OCH3 is 1. The molecule has 1 fully saturated rings. The number of rotatable bonds is 9. The molecule has 0 radical (unpaired) electrons. The Bertz CT molecular complexity index is 1080. The van der Waals surface area contributed by atoms with E-state index >= 15 is 0 Å². The van der Waals surface area contributed by atoms with Crippen LogP contribution in [0.2, 0.25) is 0 Å². The average Bonchev–Trinajstić information content (AvgIpc) is 2.90. The molecule has 1 saturated heterocycles. The number of carbonyl (C=O) groups excluding carboxylic acids is 3. The normalized spacial score (nSPS) is 25.0. The summed E-state index contributed by atoms with van der Waals surface area (Å²) in [4.78, 5) is 37.1. The van der Waals surface area contributed by atoms with Gasteiger partial charge in [0.05, 0.1) is 25.3 Å². The molecule has 10 nitrogen and oxygen atoms in total. The highest BCUT2D eigenvalue weighted by atomic mass is 32.2. The van der Waals surface area contributed by atoms with E-state index in [-0.39, 0.29) is 12.0 Å². The molecule has 37 heavy (non-hydrogen) atoms. The van der Waals surface area contributed by atoms with Crippen LogP contribution in [-0.2, 0) is 23.8 Å². The summed E-state index contributed by atoms with van der Waals surface area (Å²) in [6.07, 6.45) is -6.34. The number of amides is 1. The zero-order valence-corrected chi connectivity index (χ0v) is 21.5. The molecule has 11 heteroatoms. The van der Waals surface area contributed by atoms with Crippen LogP contribution < -0.4 is 5.32 Å². The van der Waals surface area contributed by atoms with Crippen LogP contribution in [0.25, 0.3) is 0 Å². The fraction of sp³-hybridized carbons (Fsp3) is 0.423. The largest absolute Gasteiger partial charge is 0.466 e. The molecule has 0 aromatic heterocycles. The number of aliphatic hydroxyl groups excluding tert-OH is 3. The Morgan fingerprint density at radius 3 is 2.35 bits per heavy atom. The molecule has 0 aliphatic carbocycles. The predicted molar refractivity (Wildman–Crippen MR) is 134 cm³/mol. The lowest BCUT2D eigenvalue weighted by Gasteiger charge is -2.48. The Kier molecular flexibility index (Phi) is 9.68. The molecule has 0 spiro atoms. The topological polar surface area (TPSA) is 152 Å². The van der Waals surface area contributed by atoms with Gasteiger partial charge in [-0.15, -0.1) is 0 Å². The first kappa shape index (κ1) is 28.6. The first-order valence-corrected chi connectivity index (χ1v) is 12.4. The van der Waals surface area contributed by atoms with Crippen LogP contribution in [0.4, 0.5) is 0 Å². The van der Waals surface area contributed by atoms with Gasteiger partial charge in [-0.2, -0.15) is 0 Å². The standard InChI is InChI=1S/C26H31NO9S/c1-15-9-11-18(12-10-15)37-26(25(33)34-3)13-20(35-24(32)17-7-5-4-6-8-17)21(27-16(2)29)23(36-26)22(31)19(30)14-28/h4-12,19-23,28,30-31H,13-14H2,1-3H3,(H,27,29)/t19-,20+,21-,22-,23-,26+/m1/s1. The summed E-state index contributed by atoms with van der Waals surface area (Å²) in [5.41, 5.74) is 1.22. The third kappa shape index (κ3) is 6.88. The van der Waals surface area contributed by atoms with Gasteiger partial charge in [-0.1, -0.05) is 47.7 Å². The number of hydrogen-bond acceptors (Lipinski definition) is 10. The fourth-order valence-corrected chi connectivity index (χ4v) is 5.28. The van der Waals surface area contributed by atoms with Gasteiger partial charge in [-0.3, -0.25) is 4.79 Å². The summed E-state index contributed by atoms with van der Waals surface area (Å²) < 4.78 is 17.0. The number of ether oxygens (including phenoxy) is 3. The van der Waals surface area contributed by atoms with Crippen LogP contribution >= 0.6 is 11.8 Å².